The summed E-state index contributed by atoms with van der Waals surface area (Å²) in [6, 6.07) is 0. The summed E-state index contributed by atoms with van der Waals surface area (Å²) in [6.07, 6.45) is 3.32. The van der Waals surface area contributed by atoms with Crippen LogP contribution in [-0.2, 0) is 4.79 Å². The third kappa shape index (κ3) is 3.72. The van der Waals surface area contributed by atoms with E-state index in [4.69, 9.17) is 5.11 Å². The molecule has 1 amide bonds. The molecule has 1 heterocycles. The molecule has 6 nitrogen and oxygen atoms in total. The van der Waals surface area contributed by atoms with Crippen LogP contribution in [0.3, 0.4) is 0 Å². The molecule has 1 rings (SSSR count). The highest BCUT2D eigenvalue weighted by Crippen LogP contribution is 2.12. The van der Waals surface area contributed by atoms with E-state index in [1.807, 2.05) is 0 Å². The van der Waals surface area contributed by atoms with Crippen molar-refractivity contribution in [2.75, 3.05) is 0 Å². The third-order valence-corrected chi connectivity index (χ3v) is 2.18. The van der Waals surface area contributed by atoms with Crippen LogP contribution in [0.5, 0.6) is 0 Å². The number of nitrogens with zero attached hydrogens (tertiary/aromatic N) is 1. The minimum absolute atomic E-state index is 0.0265. The number of carbonyl (C=O) groups is 2. The number of aromatic nitrogens is 2. The summed E-state index contributed by atoms with van der Waals surface area (Å²) < 4.78 is 0. The van der Waals surface area contributed by atoms with Crippen molar-refractivity contribution < 1.29 is 14.7 Å². The minimum atomic E-state index is -0.870. The van der Waals surface area contributed by atoms with Crippen LogP contribution in [0.2, 0.25) is 0 Å². The number of hydrogen-bond acceptors (Lipinski definition) is 3. The van der Waals surface area contributed by atoms with Crippen LogP contribution in [0, 0.1) is 0 Å². The van der Waals surface area contributed by atoms with E-state index in [1.54, 1.807) is 13.8 Å². The molecule has 0 aliphatic heterocycles. The number of nitrogens with one attached hydrogen (secondary N) is 2. The summed E-state index contributed by atoms with van der Waals surface area (Å²) >= 11 is 0. The topological polar surface area (TPSA) is 95.1 Å². The summed E-state index contributed by atoms with van der Waals surface area (Å²) in [5, 5.41) is 17.5. The Hall–Kier alpha value is -1.85. The lowest BCUT2D eigenvalue weighted by atomic mass is 9.98. The largest absolute Gasteiger partial charge is 0.481 e. The highest BCUT2D eigenvalue weighted by molar-refractivity contribution is 5.94. The van der Waals surface area contributed by atoms with Crippen molar-refractivity contribution in [3.8, 4) is 0 Å². The smallest absolute Gasteiger partial charge is 0.303 e. The molecule has 0 atom stereocenters. The number of aliphatic carboxylic acids is 1. The second kappa shape index (κ2) is 4.78. The third-order valence-electron chi connectivity index (χ3n) is 2.18. The molecule has 1 aromatic heterocycles. The quantitative estimate of drug-likeness (QED) is 0.690. The zero-order chi connectivity index (χ0) is 12.2. The molecule has 3 N–H and O–H groups in total. The molecule has 88 valence electrons. The summed E-state index contributed by atoms with van der Waals surface area (Å²) in [5.74, 6) is -1.13. The van der Waals surface area contributed by atoms with Gasteiger partial charge in [-0.15, -0.1) is 0 Å². The average molecular weight is 225 g/mol. The molecule has 0 aliphatic rings. The van der Waals surface area contributed by atoms with Crippen molar-refractivity contribution in [1.29, 1.82) is 0 Å². The number of amides is 1. The molecule has 0 bridgehead atoms. The Morgan fingerprint density at radius 3 is 2.75 bits per heavy atom. The predicted molar refractivity (Wildman–Crippen MR) is 57.0 cm³/mol. The van der Waals surface area contributed by atoms with Gasteiger partial charge in [-0.2, -0.15) is 5.10 Å². The van der Waals surface area contributed by atoms with Crippen LogP contribution in [0.25, 0.3) is 0 Å². The fourth-order valence-corrected chi connectivity index (χ4v) is 1.24. The summed E-state index contributed by atoms with van der Waals surface area (Å²) in [4.78, 5) is 22.1. The van der Waals surface area contributed by atoms with Crippen LogP contribution in [0.1, 0.15) is 37.0 Å². The van der Waals surface area contributed by atoms with Gasteiger partial charge in [0.25, 0.3) is 5.91 Å². The molecule has 0 saturated carbocycles. The first-order valence-corrected chi connectivity index (χ1v) is 4.94. The van der Waals surface area contributed by atoms with E-state index in [9.17, 15) is 9.59 Å². The van der Waals surface area contributed by atoms with Crippen molar-refractivity contribution in [2.24, 2.45) is 0 Å². The summed E-state index contributed by atoms with van der Waals surface area (Å²) in [7, 11) is 0. The molecule has 0 aromatic carbocycles. The van der Waals surface area contributed by atoms with Crippen LogP contribution < -0.4 is 5.32 Å². The van der Waals surface area contributed by atoms with E-state index in [0.29, 0.717) is 12.0 Å². The van der Waals surface area contributed by atoms with Gasteiger partial charge in [0.15, 0.2) is 0 Å². The van der Waals surface area contributed by atoms with Crippen LogP contribution >= 0.6 is 0 Å². The molecular formula is C10H15N3O3. The first-order chi connectivity index (χ1) is 7.41. The zero-order valence-corrected chi connectivity index (χ0v) is 9.28. The molecule has 0 unspecified atom stereocenters. The van der Waals surface area contributed by atoms with E-state index in [1.165, 1.54) is 12.4 Å². The van der Waals surface area contributed by atoms with Gasteiger partial charge in [-0.3, -0.25) is 14.7 Å². The Balaban J connectivity index is 2.52. The van der Waals surface area contributed by atoms with Gasteiger partial charge in [-0.25, -0.2) is 0 Å². The number of H-pyrrole nitrogens is 1. The highest BCUT2D eigenvalue weighted by atomic mass is 16.4. The average Bonchev–Trinajstić information content (AvgIpc) is 2.67. The van der Waals surface area contributed by atoms with E-state index >= 15 is 0 Å². The van der Waals surface area contributed by atoms with Gasteiger partial charge in [0, 0.05) is 18.2 Å². The second-order valence-electron chi connectivity index (χ2n) is 4.22. The Morgan fingerprint density at radius 1 is 1.56 bits per heavy atom. The molecule has 0 fully saturated rings. The number of aromatic amines is 1. The summed E-state index contributed by atoms with van der Waals surface area (Å²) in [6.45, 7) is 3.57. The maximum atomic E-state index is 11.6. The number of carboxylic acids is 1. The molecule has 0 radical (unpaired) electrons. The maximum Gasteiger partial charge on any atom is 0.303 e. The lowest BCUT2D eigenvalue weighted by molar-refractivity contribution is -0.137. The van der Waals surface area contributed by atoms with Gasteiger partial charge in [0.05, 0.1) is 11.8 Å². The molecule has 6 heteroatoms. The van der Waals surface area contributed by atoms with E-state index < -0.39 is 11.5 Å². The zero-order valence-electron chi connectivity index (χ0n) is 9.28. The minimum Gasteiger partial charge on any atom is -0.481 e. The molecule has 0 aliphatic carbocycles. The van der Waals surface area contributed by atoms with Crippen molar-refractivity contribution in [3.05, 3.63) is 18.0 Å². The van der Waals surface area contributed by atoms with E-state index in [0.717, 1.165) is 0 Å². The van der Waals surface area contributed by atoms with Gasteiger partial charge in [0.1, 0.15) is 0 Å². The van der Waals surface area contributed by atoms with Crippen LogP contribution in [0.15, 0.2) is 12.4 Å². The molecule has 16 heavy (non-hydrogen) atoms. The number of carbonyl (C=O) groups excluding carboxylic acids is 1. The maximum absolute atomic E-state index is 11.6. The van der Waals surface area contributed by atoms with Gasteiger partial charge >= 0.3 is 5.97 Å². The normalized spacial score (nSPS) is 11.1. The van der Waals surface area contributed by atoms with Crippen LogP contribution in [0.4, 0.5) is 0 Å². The van der Waals surface area contributed by atoms with Crippen molar-refractivity contribution in [1.82, 2.24) is 15.5 Å². The molecule has 1 aromatic rings. The Labute approximate surface area is 93.1 Å². The molecule has 0 spiro atoms. The Morgan fingerprint density at radius 2 is 2.25 bits per heavy atom. The van der Waals surface area contributed by atoms with Crippen molar-refractivity contribution in [2.45, 2.75) is 32.2 Å². The fourth-order valence-electron chi connectivity index (χ4n) is 1.24. The van der Waals surface area contributed by atoms with Crippen molar-refractivity contribution in [3.63, 3.8) is 0 Å². The van der Waals surface area contributed by atoms with E-state index in [-0.39, 0.29) is 12.3 Å². The highest BCUT2D eigenvalue weighted by Gasteiger charge is 2.22. The monoisotopic (exact) mass is 225 g/mol. The SMILES string of the molecule is CC(C)(CCC(=O)O)NC(=O)c1cn[nH]c1. The number of rotatable bonds is 5. The number of hydrogen-bond donors (Lipinski definition) is 3. The van der Waals surface area contributed by atoms with E-state index in [2.05, 4.69) is 15.5 Å². The fraction of sp³-hybridized carbons (Fsp3) is 0.500. The molecular weight excluding hydrogens is 210 g/mol. The predicted octanol–water partition coefficient (Wildman–Crippen LogP) is 0.783. The van der Waals surface area contributed by atoms with Crippen LogP contribution in [-0.4, -0.2) is 32.7 Å². The first-order valence-electron chi connectivity index (χ1n) is 4.94. The van der Waals surface area contributed by atoms with Crippen molar-refractivity contribution >= 4 is 11.9 Å². The van der Waals surface area contributed by atoms with Gasteiger partial charge in [-0.05, 0) is 20.3 Å². The number of carboxylic acid groups (broad SMARTS) is 1. The van der Waals surface area contributed by atoms with Gasteiger partial charge in [-0.1, -0.05) is 0 Å². The lowest BCUT2D eigenvalue weighted by Gasteiger charge is -2.25. The second-order valence-corrected chi connectivity index (χ2v) is 4.22. The standard InChI is InChI=1S/C10H15N3O3/c1-10(2,4-3-8(14)15)13-9(16)7-5-11-12-6-7/h5-6H,3-4H2,1-2H3,(H,11,12)(H,13,16)(H,14,15). The van der Waals surface area contributed by atoms with Gasteiger partial charge in [0.2, 0.25) is 0 Å². The lowest BCUT2D eigenvalue weighted by Crippen LogP contribution is -2.43. The summed E-state index contributed by atoms with van der Waals surface area (Å²) in [5.41, 5.74) is -0.115. The Bertz CT molecular complexity index is 371. The first kappa shape index (κ1) is 12.2. The van der Waals surface area contributed by atoms with Gasteiger partial charge < -0.3 is 10.4 Å². The molecule has 0 saturated heterocycles. The Kier molecular flexibility index (Phi) is 3.65.